The first-order valence-electron chi connectivity index (χ1n) is 9.86. The van der Waals surface area contributed by atoms with E-state index >= 15 is 0 Å². The molecule has 1 aliphatic heterocycles. The minimum atomic E-state index is -0.322. The summed E-state index contributed by atoms with van der Waals surface area (Å²) in [7, 11) is 0. The summed E-state index contributed by atoms with van der Waals surface area (Å²) in [5.74, 6) is 0. The first-order chi connectivity index (χ1) is 14.0. The van der Waals surface area contributed by atoms with Crippen molar-refractivity contribution in [2.45, 2.75) is 26.8 Å². The van der Waals surface area contributed by atoms with E-state index in [0.29, 0.717) is 31.0 Å². The fraction of sp³-hybridized carbons (Fsp3) is 0.304. The average molecular weight is 393 g/mol. The molecule has 29 heavy (non-hydrogen) atoms. The first kappa shape index (κ1) is 20.5. The maximum absolute atomic E-state index is 13.2. The van der Waals surface area contributed by atoms with Gasteiger partial charge in [0.2, 0.25) is 0 Å². The van der Waals surface area contributed by atoms with Crippen molar-refractivity contribution in [3.63, 3.8) is 0 Å². The van der Waals surface area contributed by atoms with Gasteiger partial charge in [0.05, 0.1) is 11.4 Å². The summed E-state index contributed by atoms with van der Waals surface area (Å²) in [6.45, 7) is 9.90. The molecule has 2 aromatic rings. The van der Waals surface area contributed by atoms with Crippen LogP contribution >= 0.6 is 0 Å². The lowest BCUT2D eigenvalue weighted by molar-refractivity contribution is 0.192. The Labute approximate surface area is 172 Å². The fourth-order valence-corrected chi connectivity index (χ4v) is 3.38. The van der Waals surface area contributed by atoms with Crippen molar-refractivity contribution in [2.24, 2.45) is 0 Å². The third-order valence-electron chi connectivity index (χ3n) is 4.90. The second-order valence-electron chi connectivity index (χ2n) is 7.34. The second-order valence-corrected chi connectivity index (χ2v) is 7.34. The maximum atomic E-state index is 13.2. The van der Waals surface area contributed by atoms with Crippen LogP contribution in [-0.4, -0.2) is 36.6 Å². The molecule has 0 unspecified atom stereocenters. The molecule has 4 amide bonds. The topological polar surface area (TPSA) is 64.7 Å². The Hall–Kier alpha value is -3.28. The average Bonchev–Trinajstić information content (AvgIpc) is 2.70. The molecule has 1 aliphatic rings. The number of benzene rings is 2. The fourth-order valence-electron chi connectivity index (χ4n) is 3.38. The van der Waals surface area contributed by atoms with Crippen LogP contribution in [0.5, 0.6) is 0 Å². The quantitative estimate of drug-likeness (QED) is 0.714. The molecule has 6 heteroatoms. The van der Waals surface area contributed by atoms with Crippen LogP contribution in [0.25, 0.3) is 0 Å². The Morgan fingerprint density at radius 1 is 1.10 bits per heavy atom. The molecule has 0 radical (unpaired) electrons. The molecule has 1 heterocycles. The van der Waals surface area contributed by atoms with Gasteiger partial charge in [-0.25, -0.2) is 9.59 Å². The van der Waals surface area contributed by atoms with Crippen molar-refractivity contribution in [3.8, 4) is 0 Å². The highest BCUT2D eigenvalue weighted by Gasteiger charge is 2.28. The lowest BCUT2D eigenvalue weighted by atomic mass is 10.1. The van der Waals surface area contributed by atoms with Crippen molar-refractivity contribution in [2.75, 3.05) is 29.9 Å². The number of hydrogen-bond donors (Lipinski definition) is 2. The zero-order valence-corrected chi connectivity index (χ0v) is 17.1. The third-order valence-corrected chi connectivity index (χ3v) is 4.90. The van der Waals surface area contributed by atoms with E-state index in [1.54, 1.807) is 11.0 Å². The monoisotopic (exact) mass is 392 g/mol. The van der Waals surface area contributed by atoms with Crippen LogP contribution in [-0.2, 0) is 6.54 Å². The van der Waals surface area contributed by atoms with E-state index in [9.17, 15) is 9.59 Å². The van der Waals surface area contributed by atoms with Gasteiger partial charge in [-0.1, -0.05) is 42.0 Å². The normalized spacial score (nSPS) is 13.9. The summed E-state index contributed by atoms with van der Waals surface area (Å²) in [5.41, 5.74) is 4.65. The molecule has 0 atom stereocenters. The molecule has 0 aromatic heterocycles. The van der Waals surface area contributed by atoms with Gasteiger partial charge < -0.3 is 15.5 Å². The van der Waals surface area contributed by atoms with Gasteiger partial charge in [0.1, 0.15) is 0 Å². The van der Waals surface area contributed by atoms with Crippen molar-refractivity contribution in [1.29, 1.82) is 0 Å². The van der Waals surface area contributed by atoms with Crippen molar-refractivity contribution < 1.29 is 9.59 Å². The van der Waals surface area contributed by atoms with Gasteiger partial charge in [-0.2, -0.15) is 0 Å². The number of anilines is 2. The van der Waals surface area contributed by atoms with E-state index < -0.39 is 0 Å². The minimum absolute atomic E-state index is 0.0461. The third kappa shape index (κ3) is 5.16. The zero-order valence-electron chi connectivity index (χ0n) is 17.1. The van der Waals surface area contributed by atoms with Gasteiger partial charge in [-0.3, -0.25) is 4.90 Å². The summed E-state index contributed by atoms with van der Waals surface area (Å²) in [5, 5.41) is 5.57. The highest BCUT2D eigenvalue weighted by molar-refractivity contribution is 6.00. The number of urea groups is 2. The van der Waals surface area contributed by atoms with Crippen LogP contribution in [0.2, 0.25) is 0 Å². The van der Waals surface area contributed by atoms with Crippen LogP contribution in [0.3, 0.4) is 0 Å². The lowest BCUT2D eigenvalue weighted by Crippen LogP contribution is -2.49. The van der Waals surface area contributed by atoms with E-state index in [1.807, 2.05) is 30.0 Å². The largest absolute Gasteiger partial charge is 0.334 e. The Balaban J connectivity index is 1.79. The number of rotatable bonds is 6. The van der Waals surface area contributed by atoms with E-state index in [1.165, 1.54) is 5.56 Å². The van der Waals surface area contributed by atoms with Gasteiger partial charge in [0.15, 0.2) is 0 Å². The number of amides is 4. The molecular formula is C23H28N4O2. The highest BCUT2D eigenvalue weighted by Crippen LogP contribution is 2.30. The Morgan fingerprint density at radius 3 is 2.55 bits per heavy atom. The second kappa shape index (κ2) is 9.28. The van der Waals surface area contributed by atoms with E-state index in [4.69, 9.17) is 0 Å². The number of nitrogens with one attached hydrogen (secondary N) is 2. The SMILES string of the molecule is C=CCNC(=O)Nc1cc(C)ccc1N1CCCN(Cc2ccc(C)cc2)C1=O. The summed E-state index contributed by atoms with van der Waals surface area (Å²) >= 11 is 0. The van der Waals surface area contributed by atoms with E-state index in [2.05, 4.69) is 48.4 Å². The molecule has 0 spiro atoms. The van der Waals surface area contributed by atoms with Crippen LogP contribution in [0.4, 0.5) is 21.0 Å². The Morgan fingerprint density at radius 2 is 1.83 bits per heavy atom. The van der Waals surface area contributed by atoms with Gasteiger partial charge >= 0.3 is 12.1 Å². The first-order valence-corrected chi connectivity index (χ1v) is 9.86. The number of aryl methyl sites for hydroxylation is 2. The number of carbonyl (C=O) groups is 2. The summed E-state index contributed by atoms with van der Waals surface area (Å²) < 4.78 is 0. The van der Waals surface area contributed by atoms with E-state index in [-0.39, 0.29) is 12.1 Å². The number of nitrogens with zero attached hydrogens (tertiary/aromatic N) is 2. The van der Waals surface area contributed by atoms with Crippen LogP contribution < -0.4 is 15.5 Å². The summed E-state index contributed by atoms with van der Waals surface area (Å²) in [4.78, 5) is 29.0. The molecule has 152 valence electrons. The molecule has 2 N–H and O–H groups in total. The molecule has 0 bridgehead atoms. The van der Waals surface area contributed by atoms with E-state index in [0.717, 1.165) is 24.1 Å². The smallest absolute Gasteiger partial charge is 0.324 e. The van der Waals surface area contributed by atoms with Gasteiger partial charge in [0, 0.05) is 26.2 Å². The number of hydrogen-bond acceptors (Lipinski definition) is 2. The van der Waals surface area contributed by atoms with Crippen LogP contribution in [0, 0.1) is 13.8 Å². The molecule has 1 fully saturated rings. The Kier molecular flexibility index (Phi) is 6.54. The van der Waals surface area contributed by atoms with Crippen LogP contribution in [0.15, 0.2) is 55.1 Å². The van der Waals surface area contributed by atoms with Crippen molar-refractivity contribution in [1.82, 2.24) is 10.2 Å². The molecule has 2 aromatic carbocycles. The minimum Gasteiger partial charge on any atom is -0.334 e. The van der Waals surface area contributed by atoms with Gasteiger partial charge in [0.25, 0.3) is 0 Å². The molecule has 0 saturated carbocycles. The zero-order chi connectivity index (χ0) is 20.8. The standard InChI is InChI=1S/C23H28N4O2/c1-4-12-24-22(28)25-20-15-18(3)8-11-21(20)27-14-5-13-26(23(27)29)16-19-9-6-17(2)7-10-19/h4,6-11,15H,1,5,12-14,16H2,2-3H3,(H2,24,25,28). The number of carbonyl (C=O) groups excluding carboxylic acids is 2. The predicted molar refractivity (Wildman–Crippen MR) is 117 cm³/mol. The van der Waals surface area contributed by atoms with Crippen molar-refractivity contribution >= 4 is 23.4 Å². The predicted octanol–water partition coefficient (Wildman–Crippen LogP) is 4.44. The lowest BCUT2D eigenvalue weighted by Gasteiger charge is -2.36. The molecule has 3 rings (SSSR count). The highest BCUT2D eigenvalue weighted by atomic mass is 16.2. The molecule has 1 saturated heterocycles. The maximum Gasteiger partial charge on any atom is 0.324 e. The van der Waals surface area contributed by atoms with Gasteiger partial charge in [-0.15, -0.1) is 6.58 Å². The molecular weight excluding hydrogens is 364 g/mol. The molecule has 0 aliphatic carbocycles. The summed E-state index contributed by atoms with van der Waals surface area (Å²) in [6, 6.07) is 13.6. The van der Waals surface area contributed by atoms with Crippen LogP contribution in [0.1, 0.15) is 23.1 Å². The molecule has 6 nitrogen and oxygen atoms in total. The Bertz CT molecular complexity index is 892. The van der Waals surface area contributed by atoms with Gasteiger partial charge in [-0.05, 0) is 43.5 Å². The van der Waals surface area contributed by atoms with Crippen molar-refractivity contribution in [3.05, 3.63) is 71.8 Å². The summed E-state index contributed by atoms with van der Waals surface area (Å²) in [6.07, 6.45) is 2.49.